The van der Waals surface area contributed by atoms with Crippen molar-refractivity contribution in [1.82, 2.24) is 0 Å². The van der Waals surface area contributed by atoms with E-state index >= 15 is 0 Å². The highest BCUT2D eigenvalue weighted by Gasteiger charge is 2.11. The minimum atomic E-state index is 1.12. The van der Waals surface area contributed by atoms with Gasteiger partial charge in [-0.15, -0.1) is 0 Å². The molecule has 0 unspecified atom stereocenters. The fourth-order valence-corrected chi connectivity index (χ4v) is 4.29. The molecule has 0 aliphatic carbocycles. The summed E-state index contributed by atoms with van der Waals surface area (Å²) >= 11 is 0. The number of benzene rings is 5. The summed E-state index contributed by atoms with van der Waals surface area (Å²) in [4.78, 5) is 2.28. The molecule has 5 aromatic rings. The maximum atomic E-state index is 2.28. The van der Waals surface area contributed by atoms with Crippen LogP contribution in [-0.2, 0) is 0 Å². The van der Waals surface area contributed by atoms with Gasteiger partial charge in [0.1, 0.15) is 0 Å². The zero-order valence-electron chi connectivity index (χ0n) is 21.8. The first-order valence-corrected chi connectivity index (χ1v) is 13.2. The van der Waals surface area contributed by atoms with Crippen LogP contribution in [-0.4, -0.2) is 0 Å². The van der Waals surface area contributed by atoms with E-state index in [-0.39, 0.29) is 0 Å². The Labute approximate surface area is 232 Å². The van der Waals surface area contributed by atoms with E-state index in [1.807, 2.05) is 12.1 Å². The van der Waals surface area contributed by atoms with Crippen molar-refractivity contribution in [2.45, 2.75) is 0 Å². The lowest BCUT2D eigenvalue weighted by atomic mass is 10.1. The fraction of sp³-hybridized carbons (Fsp3) is 0. The van der Waals surface area contributed by atoms with Gasteiger partial charge in [-0.05, 0) is 58.7 Å². The zero-order valence-corrected chi connectivity index (χ0v) is 21.8. The van der Waals surface area contributed by atoms with Gasteiger partial charge in [-0.1, -0.05) is 152 Å². The van der Waals surface area contributed by atoms with E-state index in [0.29, 0.717) is 0 Å². The van der Waals surface area contributed by atoms with Crippen LogP contribution in [0.15, 0.2) is 164 Å². The Kier molecular flexibility index (Phi) is 8.78. The molecule has 0 aliphatic rings. The van der Waals surface area contributed by atoms with Crippen LogP contribution < -0.4 is 4.90 Å². The number of rotatable bonds is 9. The van der Waals surface area contributed by atoms with Crippen LogP contribution in [0.1, 0.15) is 22.3 Å². The molecule has 5 rings (SSSR count). The van der Waals surface area contributed by atoms with E-state index in [1.54, 1.807) is 0 Å². The summed E-state index contributed by atoms with van der Waals surface area (Å²) in [5, 5.41) is 0. The van der Waals surface area contributed by atoms with E-state index in [0.717, 1.165) is 28.2 Å². The van der Waals surface area contributed by atoms with Gasteiger partial charge in [-0.2, -0.15) is 0 Å². The number of nitrogens with zero attached hydrogens (tertiary/aromatic N) is 1. The number of anilines is 3. The van der Waals surface area contributed by atoms with Crippen molar-refractivity contribution >= 4 is 41.4 Å². The third-order valence-corrected chi connectivity index (χ3v) is 6.29. The Morgan fingerprint density at radius 2 is 0.564 bits per heavy atom. The molecular weight excluding hydrogens is 470 g/mol. The molecule has 0 atom stereocenters. The first-order valence-electron chi connectivity index (χ1n) is 13.2. The second-order valence-corrected chi connectivity index (χ2v) is 9.11. The van der Waals surface area contributed by atoms with Crippen LogP contribution in [0.2, 0.25) is 0 Å². The Morgan fingerprint density at radius 3 is 0.923 bits per heavy atom. The van der Waals surface area contributed by atoms with Gasteiger partial charge in [0, 0.05) is 17.1 Å². The molecule has 0 saturated heterocycles. The maximum absolute atomic E-state index is 2.28. The molecule has 0 bridgehead atoms. The molecule has 0 amide bonds. The van der Waals surface area contributed by atoms with Gasteiger partial charge in [0.2, 0.25) is 0 Å². The highest BCUT2D eigenvalue weighted by atomic mass is 15.1. The Bertz CT molecular complexity index is 1440. The average Bonchev–Trinajstić information content (AvgIpc) is 3.01. The van der Waals surface area contributed by atoms with Crippen LogP contribution in [0.5, 0.6) is 0 Å². The first kappa shape index (κ1) is 25.5. The van der Waals surface area contributed by atoms with Crippen LogP contribution in [0.25, 0.3) is 24.3 Å². The second kappa shape index (κ2) is 13.4. The van der Waals surface area contributed by atoms with E-state index in [4.69, 9.17) is 0 Å². The lowest BCUT2D eigenvalue weighted by Crippen LogP contribution is -2.09. The molecule has 0 aliphatic heterocycles. The lowest BCUT2D eigenvalue weighted by molar-refractivity contribution is 1.28. The molecule has 0 heterocycles. The predicted molar refractivity (Wildman–Crippen MR) is 170 cm³/mol. The topological polar surface area (TPSA) is 3.24 Å². The Morgan fingerprint density at radius 1 is 0.282 bits per heavy atom. The molecule has 0 spiro atoms. The Hall–Kier alpha value is -5.14. The van der Waals surface area contributed by atoms with E-state index in [1.165, 1.54) is 11.1 Å². The van der Waals surface area contributed by atoms with Crippen LogP contribution in [0, 0.1) is 0 Å². The average molecular weight is 502 g/mol. The fourth-order valence-electron chi connectivity index (χ4n) is 4.29. The molecule has 0 fully saturated rings. The largest absolute Gasteiger partial charge is 0.311 e. The van der Waals surface area contributed by atoms with Crippen molar-refractivity contribution < 1.29 is 0 Å². The first-order chi connectivity index (χ1) is 19.3. The van der Waals surface area contributed by atoms with Crippen LogP contribution >= 0.6 is 0 Å². The van der Waals surface area contributed by atoms with Gasteiger partial charge < -0.3 is 4.90 Å². The molecule has 39 heavy (non-hydrogen) atoms. The zero-order chi connectivity index (χ0) is 26.5. The lowest BCUT2D eigenvalue weighted by Gasteiger charge is -2.25. The van der Waals surface area contributed by atoms with E-state index < -0.39 is 0 Å². The Balaban J connectivity index is 1.31. The number of para-hydroxylation sites is 1. The molecule has 1 nitrogen and oxygen atoms in total. The summed E-state index contributed by atoms with van der Waals surface area (Å²) in [5.74, 6) is 0. The monoisotopic (exact) mass is 501 g/mol. The predicted octanol–water partition coefficient (Wildman–Crippen LogP) is 10.6. The molecule has 0 radical (unpaired) electrons. The summed E-state index contributed by atoms with van der Waals surface area (Å²) in [6.07, 6.45) is 16.8. The summed E-state index contributed by atoms with van der Waals surface area (Å²) in [5.41, 5.74) is 8.07. The van der Waals surface area contributed by atoms with E-state index in [9.17, 15) is 0 Å². The van der Waals surface area contributed by atoms with Crippen LogP contribution in [0.3, 0.4) is 0 Å². The normalized spacial score (nSPS) is 11.7. The molecule has 0 aromatic heterocycles. The van der Waals surface area contributed by atoms with Crippen molar-refractivity contribution in [3.05, 3.63) is 186 Å². The van der Waals surface area contributed by atoms with Crippen molar-refractivity contribution in [1.29, 1.82) is 0 Å². The molecule has 188 valence electrons. The molecule has 0 N–H and O–H groups in total. The van der Waals surface area contributed by atoms with Gasteiger partial charge in [0.05, 0.1) is 0 Å². The SMILES string of the molecule is C(=C/c1ccccc1)/C=C/c1ccc(N(c2ccccc2)c2ccc(/C=C/C=C/c3ccccc3)cc2)cc1. The highest BCUT2D eigenvalue weighted by molar-refractivity contribution is 5.77. The van der Waals surface area contributed by atoms with Crippen molar-refractivity contribution in [3.8, 4) is 0 Å². The molecule has 5 aromatic carbocycles. The third-order valence-electron chi connectivity index (χ3n) is 6.29. The van der Waals surface area contributed by atoms with Gasteiger partial charge in [-0.25, -0.2) is 0 Å². The number of allylic oxidation sites excluding steroid dienone is 4. The van der Waals surface area contributed by atoms with E-state index in [2.05, 4.69) is 181 Å². The minimum absolute atomic E-state index is 1.12. The molecule has 1 heteroatoms. The summed E-state index contributed by atoms with van der Waals surface area (Å²) in [6, 6.07) is 48.5. The maximum Gasteiger partial charge on any atom is 0.0462 e. The number of hydrogen-bond acceptors (Lipinski definition) is 1. The van der Waals surface area contributed by atoms with Gasteiger partial charge in [-0.3, -0.25) is 0 Å². The second-order valence-electron chi connectivity index (χ2n) is 9.11. The smallest absolute Gasteiger partial charge is 0.0462 e. The summed E-state index contributed by atoms with van der Waals surface area (Å²) < 4.78 is 0. The number of hydrogen-bond donors (Lipinski definition) is 0. The molecular formula is C38H31N. The van der Waals surface area contributed by atoms with Gasteiger partial charge >= 0.3 is 0 Å². The van der Waals surface area contributed by atoms with Crippen molar-refractivity contribution in [3.63, 3.8) is 0 Å². The highest BCUT2D eigenvalue weighted by Crippen LogP contribution is 2.34. The quantitative estimate of drug-likeness (QED) is 0.182. The van der Waals surface area contributed by atoms with Crippen molar-refractivity contribution in [2.24, 2.45) is 0 Å². The summed E-state index contributed by atoms with van der Waals surface area (Å²) in [6.45, 7) is 0. The van der Waals surface area contributed by atoms with Crippen LogP contribution in [0.4, 0.5) is 17.1 Å². The third kappa shape index (κ3) is 7.44. The van der Waals surface area contributed by atoms with Crippen molar-refractivity contribution in [2.75, 3.05) is 4.90 Å². The summed E-state index contributed by atoms with van der Waals surface area (Å²) in [7, 11) is 0. The van der Waals surface area contributed by atoms with Gasteiger partial charge in [0.15, 0.2) is 0 Å². The van der Waals surface area contributed by atoms with Gasteiger partial charge in [0.25, 0.3) is 0 Å². The molecule has 0 saturated carbocycles. The minimum Gasteiger partial charge on any atom is -0.311 e. The standard InChI is InChI=1S/C38H31N/c1-4-14-32(15-5-1)18-10-12-20-34-24-28-37(29-25-34)39(36-22-8-3-9-23-36)38-30-26-35(27-31-38)21-13-11-19-33-16-6-2-7-17-33/h1-31H/b18-10-,19-11+,20-12+,21-13+.